The monoisotopic (exact) mass is 291 g/mol. The number of amides is 1. The molecule has 0 aliphatic heterocycles. The van der Waals surface area contributed by atoms with E-state index in [1.165, 1.54) is 0 Å². The van der Waals surface area contributed by atoms with Gasteiger partial charge >= 0.3 is 5.97 Å². The molecule has 2 N–H and O–H groups in total. The van der Waals surface area contributed by atoms with E-state index >= 15 is 0 Å². The van der Waals surface area contributed by atoms with Gasteiger partial charge in [0.2, 0.25) is 5.91 Å². The maximum absolute atomic E-state index is 12.3. The van der Waals surface area contributed by atoms with Crippen LogP contribution in [0.4, 0.5) is 0 Å². The van der Waals surface area contributed by atoms with Gasteiger partial charge in [0.1, 0.15) is 0 Å². The Morgan fingerprint density at radius 3 is 2.43 bits per heavy atom. The predicted molar refractivity (Wildman–Crippen MR) is 83.3 cm³/mol. The van der Waals surface area contributed by atoms with E-state index in [1.807, 2.05) is 45.9 Å². The number of nitrogens with one attached hydrogen (secondary N) is 1. The quantitative estimate of drug-likeness (QED) is 0.847. The van der Waals surface area contributed by atoms with Crippen molar-refractivity contribution in [2.75, 3.05) is 0 Å². The Morgan fingerprint density at radius 2 is 1.90 bits per heavy atom. The van der Waals surface area contributed by atoms with Gasteiger partial charge in [0.15, 0.2) is 0 Å². The number of carbonyl (C=O) groups excluding carboxylic acids is 1. The molecule has 4 heteroatoms. The Kier molecular flexibility index (Phi) is 5.53. The van der Waals surface area contributed by atoms with E-state index < -0.39 is 11.5 Å². The van der Waals surface area contributed by atoms with Crippen LogP contribution in [-0.2, 0) is 16.0 Å². The van der Waals surface area contributed by atoms with Crippen molar-refractivity contribution >= 4 is 11.9 Å². The Bertz CT molecular complexity index is 537. The van der Waals surface area contributed by atoms with Gasteiger partial charge in [-0.3, -0.25) is 9.59 Å². The zero-order chi connectivity index (χ0) is 16.2. The molecule has 0 fully saturated rings. The summed E-state index contributed by atoms with van der Waals surface area (Å²) in [6.45, 7) is 9.58. The van der Waals surface area contributed by atoms with Gasteiger partial charge in [0, 0.05) is 5.54 Å². The largest absolute Gasteiger partial charge is 0.481 e. The summed E-state index contributed by atoms with van der Waals surface area (Å²) in [7, 11) is 0. The second-order valence-corrected chi connectivity index (χ2v) is 6.30. The number of carbonyl (C=O) groups is 2. The third-order valence-corrected chi connectivity index (χ3v) is 4.07. The summed E-state index contributed by atoms with van der Waals surface area (Å²) in [5.74, 6) is -1.00. The minimum absolute atomic E-state index is 0.0381. The molecule has 0 aliphatic carbocycles. The highest BCUT2D eigenvalue weighted by Crippen LogP contribution is 2.21. The molecule has 0 spiro atoms. The summed E-state index contributed by atoms with van der Waals surface area (Å²) < 4.78 is 0. The second-order valence-electron chi connectivity index (χ2n) is 6.30. The van der Waals surface area contributed by atoms with Crippen molar-refractivity contribution in [3.63, 3.8) is 0 Å². The van der Waals surface area contributed by atoms with Gasteiger partial charge in [-0.25, -0.2) is 0 Å². The fourth-order valence-corrected chi connectivity index (χ4v) is 2.23. The predicted octanol–water partition coefficient (Wildman–Crippen LogP) is 2.85. The van der Waals surface area contributed by atoms with Crippen molar-refractivity contribution in [3.8, 4) is 0 Å². The molecular weight excluding hydrogens is 266 g/mol. The summed E-state index contributed by atoms with van der Waals surface area (Å²) >= 11 is 0. The van der Waals surface area contributed by atoms with Crippen LogP contribution in [0.2, 0.25) is 0 Å². The summed E-state index contributed by atoms with van der Waals surface area (Å²) in [5.41, 5.74) is 2.43. The topological polar surface area (TPSA) is 66.4 Å². The number of aryl methyl sites for hydroxylation is 2. The zero-order valence-corrected chi connectivity index (χ0v) is 13.5. The molecule has 116 valence electrons. The molecule has 0 aromatic heterocycles. The first-order valence-corrected chi connectivity index (χ1v) is 7.23. The number of rotatable bonds is 6. The maximum atomic E-state index is 12.3. The molecule has 21 heavy (non-hydrogen) atoms. The van der Waals surface area contributed by atoms with Crippen LogP contribution in [0, 0.1) is 19.8 Å². The van der Waals surface area contributed by atoms with Crippen molar-refractivity contribution in [1.82, 2.24) is 5.32 Å². The fourth-order valence-electron chi connectivity index (χ4n) is 2.23. The molecule has 1 atom stereocenters. The SMILES string of the molecule is Cc1ccc(C)c(CC(=O)NC(C)(CC(=O)O)C(C)C)c1. The van der Waals surface area contributed by atoms with Gasteiger partial charge in [-0.15, -0.1) is 0 Å². The van der Waals surface area contributed by atoms with E-state index in [4.69, 9.17) is 5.11 Å². The van der Waals surface area contributed by atoms with Crippen molar-refractivity contribution in [2.45, 2.75) is 53.0 Å². The summed E-state index contributed by atoms with van der Waals surface area (Å²) in [6, 6.07) is 6.01. The van der Waals surface area contributed by atoms with Gasteiger partial charge in [0.25, 0.3) is 0 Å². The summed E-state index contributed by atoms with van der Waals surface area (Å²) in [5, 5.41) is 11.9. The molecule has 0 radical (unpaired) electrons. The fraction of sp³-hybridized carbons (Fsp3) is 0.529. The molecule has 0 saturated carbocycles. The zero-order valence-electron chi connectivity index (χ0n) is 13.5. The molecule has 1 rings (SSSR count). The number of aliphatic carboxylic acids is 1. The van der Waals surface area contributed by atoms with Crippen LogP contribution in [0.1, 0.15) is 43.9 Å². The Morgan fingerprint density at radius 1 is 1.29 bits per heavy atom. The average molecular weight is 291 g/mol. The van der Waals surface area contributed by atoms with Crippen molar-refractivity contribution in [2.24, 2.45) is 5.92 Å². The van der Waals surface area contributed by atoms with Gasteiger partial charge in [-0.1, -0.05) is 37.6 Å². The number of carboxylic acid groups (broad SMARTS) is 1. The van der Waals surface area contributed by atoms with Crippen molar-refractivity contribution < 1.29 is 14.7 Å². The van der Waals surface area contributed by atoms with Gasteiger partial charge < -0.3 is 10.4 Å². The van der Waals surface area contributed by atoms with E-state index in [2.05, 4.69) is 5.32 Å². The van der Waals surface area contributed by atoms with Crippen LogP contribution in [0.25, 0.3) is 0 Å². The third kappa shape index (κ3) is 4.88. The highest BCUT2D eigenvalue weighted by atomic mass is 16.4. The van der Waals surface area contributed by atoms with Crippen molar-refractivity contribution in [3.05, 3.63) is 34.9 Å². The van der Waals surface area contributed by atoms with E-state index in [9.17, 15) is 9.59 Å². The van der Waals surface area contributed by atoms with Gasteiger partial charge in [-0.05, 0) is 37.8 Å². The van der Waals surface area contributed by atoms with Gasteiger partial charge in [-0.2, -0.15) is 0 Å². The van der Waals surface area contributed by atoms with Crippen molar-refractivity contribution in [1.29, 1.82) is 0 Å². The molecule has 1 aromatic rings. The Hall–Kier alpha value is -1.84. The molecule has 0 bridgehead atoms. The molecule has 1 aromatic carbocycles. The average Bonchev–Trinajstić information content (AvgIpc) is 2.32. The number of carboxylic acids is 1. The number of benzene rings is 1. The number of hydrogen-bond acceptors (Lipinski definition) is 2. The van der Waals surface area contributed by atoms with Gasteiger partial charge in [0.05, 0.1) is 12.8 Å². The van der Waals surface area contributed by atoms with Crippen LogP contribution < -0.4 is 5.32 Å². The minimum atomic E-state index is -0.904. The van der Waals surface area contributed by atoms with E-state index in [1.54, 1.807) is 6.92 Å². The lowest BCUT2D eigenvalue weighted by molar-refractivity contribution is -0.139. The molecule has 0 aliphatic rings. The van der Waals surface area contributed by atoms with Crippen LogP contribution in [-0.4, -0.2) is 22.5 Å². The molecule has 1 unspecified atom stereocenters. The van der Waals surface area contributed by atoms with E-state index in [0.29, 0.717) is 0 Å². The Labute approximate surface area is 126 Å². The summed E-state index contributed by atoms with van der Waals surface area (Å²) in [6.07, 6.45) is 0.193. The Balaban J connectivity index is 2.83. The molecule has 1 amide bonds. The van der Waals surface area contributed by atoms with E-state index in [-0.39, 0.29) is 24.7 Å². The molecular formula is C17H25NO3. The first-order chi connectivity index (χ1) is 9.64. The van der Waals surface area contributed by atoms with Crippen LogP contribution in [0.15, 0.2) is 18.2 Å². The van der Waals surface area contributed by atoms with Crippen LogP contribution in [0.3, 0.4) is 0 Å². The highest BCUT2D eigenvalue weighted by molar-refractivity contribution is 5.80. The lowest BCUT2D eigenvalue weighted by Gasteiger charge is -2.33. The van der Waals surface area contributed by atoms with Crippen LogP contribution in [0.5, 0.6) is 0 Å². The minimum Gasteiger partial charge on any atom is -0.481 e. The normalized spacial score (nSPS) is 13.8. The molecule has 4 nitrogen and oxygen atoms in total. The highest BCUT2D eigenvalue weighted by Gasteiger charge is 2.32. The lowest BCUT2D eigenvalue weighted by Crippen LogP contribution is -2.51. The standard InChI is InChI=1S/C17H25NO3/c1-11(2)17(5,10-16(20)21)18-15(19)9-14-8-12(3)6-7-13(14)4/h6-8,11H,9-10H2,1-5H3,(H,18,19)(H,20,21). The maximum Gasteiger partial charge on any atom is 0.305 e. The second kappa shape index (κ2) is 6.74. The summed E-state index contributed by atoms with van der Waals surface area (Å²) in [4.78, 5) is 23.3. The first-order valence-electron chi connectivity index (χ1n) is 7.23. The smallest absolute Gasteiger partial charge is 0.305 e. The van der Waals surface area contributed by atoms with E-state index in [0.717, 1.165) is 16.7 Å². The lowest BCUT2D eigenvalue weighted by atomic mass is 9.85. The molecule has 0 heterocycles. The number of hydrogen-bond donors (Lipinski definition) is 2. The van der Waals surface area contributed by atoms with Crippen LogP contribution >= 0.6 is 0 Å². The first kappa shape index (κ1) is 17.2. The third-order valence-electron chi connectivity index (χ3n) is 4.07. The molecule has 0 saturated heterocycles.